The molecule has 1 fully saturated rings. The summed E-state index contributed by atoms with van der Waals surface area (Å²) in [7, 11) is 1.69. The Morgan fingerprint density at radius 3 is 2.74 bits per heavy atom. The van der Waals surface area contributed by atoms with Gasteiger partial charge in [0, 0.05) is 19.7 Å². The van der Waals surface area contributed by atoms with Crippen LogP contribution in [0.1, 0.15) is 46.5 Å². The lowest BCUT2D eigenvalue weighted by atomic mass is 9.69. The topological polar surface area (TPSA) is 49.8 Å². The number of likely N-dealkylation sites (N-methyl/N-ethyl adjacent to an activating group) is 1. The monoisotopic (exact) mass is 271 g/mol. The Morgan fingerprint density at radius 1 is 1.58 bits per heavy atom. The molecule has 1 N–H and O–H groups in total. The van der Waals surface area contributed by atoms with Crippen LogP contribution in [-0.4, -0.2) is 48.8 Å². The first-order valence-electron chi connectivity index (χ1n) is 7.41. The molecule has 0 aromatic rings. The lowest BCUT2D eigenvalue weighted by Crippen LogP contribution is -2.49. The van der Waals surface area contributed by atoms with Gasteiger partial charge in [-0.2, -0.15) is 0 Å². The van der Waals surface area contributed by atoms with Gasteiger partial charge >= 0.3 is 5.97 Å². The van der Waals surface area contributed by atoms with E-state index in [1.54, 1.807) is 7.11 Å². The maximum atomic E-state index is 11.8. The van der Waals surface area contributed by atoms with Crippen LogP contribution in [-0.2, 0) is 9.53 Å². The molecule has 0 aromatic heterocycles. The van der Waals surface area contributed by atoms with E-state index in [2.05, 4.69) is 25.7 Å². The quantitative estimate of drug-likeness (QED) is 0.773. The van der Waals surface area contributed by atoms with E-state index in [0.29, 0.717) is 19.1 Å². The van der Waals surface area contributed by atoms with Gasteiger partial charge in [-0.05, 0) is 32.2 Å². The molecule has 1 rings (SSSR count). The summed E-state index contributed by atoms with van der Waals surface area (Å²) >= 11 is 0. The molecule has 19 heavy (non-hydrogen) atoms. The molecule has 0 amide bonds. The van der Waals surface area contributed by atoms with Gasteiger partial charge in [0.05, 0.1) is 12.0 Å². The molecular formula is C15H29NO3. The number of nitrogens with zero attached hydrogens (tertiary/aromatic N) is 1. The third kappa shape index (κ3) is 4.18. The van der Waals surface area contributed by atoms with E-state index in [9.17, 15) is 9.90 Å². The zero-order chi connectivity index (χ0) is 14.5. The van der Waals surface area contributed by atoms with Crippen molar-refractivity contribution in [2.24, 2.45) is 11.3 Å². The standard InChI is InChI=1S/C15H29NO3/c1-5-16(13(3)10-19-4)11-15(14(17)18)8-6-7-12(2)9-15/h12-13H,5-11H2,1-4H3,(H,17,18). The Kier molecular flexibility index (Phi) is 6.27. The molecule has 0 saturated heterocycles. The van der Waals surface area contributed by atoms with Gasteiger partial charge in [-0.25, -0.2) is 0 Å². The fraction of sp³-hybridized carbons (Fsp3) is 0.933. The van der Waals surface area contributed by atoms with Crippen LogP contribution in [0.3, 0.4) is 0 Å². The summed E-state index contributed by atoms with van der Waals surface area (Å²) in [5.74, 6) is -0.108. The highest BCUT2D eigenvalue weighted by atomic mass is 16.5. The van der Waals surface area contributed by atoms with Gasteiger partial charge < -0.3 is 9.84 Å². The molecule has 1 aliphatic carbocycles. The van der Waals surface area contributed by atoms with Crippen molar-refractivity contribution in [2.75, 3.05) is 26.8 Å². The highest BCUT2D eigenvalue weighted by Crippen LogP contribution is 2.40. The molecule has 0 heterocycles. The van der Waals surface area contributed by atoms with Crippen molar-refractivity contribution >= 4 is 5.97 Å². The SMILES string of the molecule is CCN(CC1(C(=O)O)CCCC(C)C1)C(C)COC. The summed E-state index contributed by atoms with van der Waals surface area (Å²) in [5.41, 5.74) is -0.560. The Hall–Kier alpha value is -0.610. The normalized spacial score (nSPS) is 29.4. The first kappa shape index (κ1) is 16.4. The van der Waals surface area contributed by atoms with Crippen LogP contribution in [0.4, 0.5) is 0 Å². The van der Waals surface area contributed by atoms with Crippen LogP contribution >= 0.6 is 0 Å². The Bertz CT molecular complexity index is 295. The van der Waals surface area contributed by atoms with Crippen molar-refractivity contribution in [1.29, 1.82) is 0 Å². The zero-order valence-corrected chi connectivity index (χ0v) is 12.8. The van der Waals surface area contributed by atoms with Crippen LogP contribution in [0.5, 0.6) is 0 Å². The second kappa shape index (κ2) is 7.25. The maximum absolute atomic E-state index is 11.8. The van der Waals surface area contributed by atoms with Gasteiger partial charge in [0.1, 0.15) is 0 Å². The van der Waals surface area contributed by atoms with Gasteiger partial charge in [-0.15, -0.1) is 0 Å². The van der Waals surface area contributed by atoms with Crippen molar-refractivity contribution in [3.8, 4) is 0 Å². The maximum Gasteiger partial charge on any atom is 0.310 e. The molecule has 112 valence electrons. The van der Waals surface area contributed by atoms with E-state index in [4.69, 9.17) is 4.74 Å². The summed E-state index contributed by atoms with van der Waals surface area (Å²) < 4.78 is 5.20. The molecule has 4 heteroatoms. The van der Waals surface area contributed by atoms with Gasteiger partial charge in [-0.3, -0.25) is 9.69 Å². The highest BCUT2D eigenvalue weighted by molar-refractivity contribution is 5.75. The largest absolute Gasteiger partial charge is 0.481 e. The zero-order valence-electron chi connectivity index (χ0n) is 12.8. The number of ether oxygens (including phenoxy) is 1. The van der Waals surface area contributed by atoms with Gasteiger partial charge in [0.25, 0.3) is 0 Å². The fourth-order valence-electron chi connectivity index (χ4n) is 3.38. The predicted molar refractivity (Wildman–Crippen MR) is 76.3 cm³/mol. The molecule has 3 unspecified atom stereocenters. The molecule has 0 bridgehead atoms. The van der Waals surface area contributed by atoms with E-state index >= 15 is 0 Å². The van der Waals surface area contributed by atoms with Gasteiger partial charge in [0.2, 0.25) is 0 Å². The second-order valence-corrected chi connectivity index (χ2v) is 6.15. The predicted octanol–water partition coefficient (Wildman–Crippen LogP) is 2.62. The van der Waals surface area contributed by atoms with E-state index in [1.807, 2.05) is 0 Å². The minimum Gasteiger partial charge on any atom is -0.481 e. The molecule has 0 aromatic carbocycles. The van der Waals surface area contributed by atoms with E-state index in [-0.39, 0.29) is 6.04 Å². The first-order chi connectivity index (χ1) is 8.95. The van der Waals surface area contributed by atoms with Crippen LogP contribution in [0, 0.1) is 11.3 Å². The van der Waals surface area contributed by atoms with E-state index in [0.717, 1.165) is 32.2 Å². The first-order valence-corrected chi connectivity index (χ1v) is 7.41. The number of methoxy groups -OCH3 is 1. The van der Waals surface area contributed by atoms with Gasteiger partial charge in [-0.1, -0.05) is 26.7 Å². The molecule has 1 saturated carbocycles. The fourth-order valence-corrected chi connectivity index (χ4v) is 3.38. The Balaban J connectivity index is 2.79. The molecular weight excluding hydrogens is 242 g/mol. The molecule has 3 atom stereocenters. The van der Waals surface area contributed by atoms with Crippen molar-refractivity contribution in [3.05, 3.63) is 0 Å². The summed E-state index contributed by atoms with van der Waals surface area (Å²) in [6, 6.07) is 0.267. The molecule has 0 spiro atoms. The number of carbonyl (C=O) groups is 1. The molecule has 0 aliphatic heterocycles. The van der Waals surface area contributed by atoms with Crippen LogP contribution in [0.25, 0.3) is 0 Å². The number of hydrogen-bond donors (Lipinski definition) is 1. The minimum absolute atomic E-state index is 0.267. The Labute approximate surface area is 117 Å². The number of carboxylic acid groups (broad SMARTS) is 1. The lowest BCUT2D eigenvalue weighted by molar-refractivity contribution is -0.154. The summed E-state index contributed by atoms with van der Waals surface area (Å²) in [5, 5.41) is 9.70. The third-order valence-electron chi connectivity index (χ3n) is 4.49. The average molecular weight is 271 g/mol. The molecule has 0 radical (unpaired) electrons. The molecule has 4 nitrogen and oxygen atoms in total. The van der Waals surface area contributed by atoms with Crippen molar-refractivity contribution in [1.82, 2.24) is 4.90 Å². The Morgan fingerprint density at radius 2 is 2.26 bits per heavy atom. The van der Waals surface area contributed by atoms with E-state index in [1.165, 1.54) is 0 Å². The summed E-state index contributed by atoms with van der Waals surface area (Å²) in [6.45, 7) is 8.54. The van der Waals surface area contributed by atoms with Crippen molar-refractivity contribution in [2.45, 2.75) is 52.5 Å². The number of aliphatic carboxylic acids is 1. The number of hydrogen-bond acceptors (Lipinski definition) is 3. The van der Waals surface area contributed by atoms with E-state index < -0.39 is 11.4 Å². The average Bonchev–Trinajstić information content (AvgIpc) is 2.36. The van der Waals surface area contributed by atoms with Crippen LogP contribution in [0.15, 0.2) is 0 Å². The lowest BCUT2D eigenvalue weighted by Gasteiger charge is -2.41. The van der Waals surface area contributed by atoms with Crippen LogP contribution in [0.2, 0.25) is 0 Å². The summed E-state index contributed by atoms with van der Waals surface area (Å²) in [6.07, 6.45) is 3.81. The van der Waals surface area contributed by atoms with Crippen molar-refractivity contribution < 1.29 is 14.6 Å². The highest BCUT2D eigenvalue weighted by Gasteiger charge is 2.43. The minimum atomic E-state index is -0.623. The van der Waals surface area contributed by atoms with Crippen molar-refractivity contribution in [3.63, 3.8) is 0 Å². The summed E-state index contributed by atoms with van der Waals surface area (Å²) in [4.78, 5) is 14.0. The van der Waals surface area contributed by atoms with Gasteiger partial charge in [0.15, 0.2) is 0 Å². The number of rotatable bonds is 7. The number of carboxylic acids is 1. The van der Waals surface area contributed by atoms with Crippen LogP contribution < -0.4 is 0 Å². The molecule has 1 aliphatic rings. The third-order valence-corrected chi connectivity index (χ3v) is 4.49. The second-order valence-electron chi connectivity index (χ2n) is 6.15. The smallest absolute Gasteiger partial charge is 0.310 e.